The fourth-order valence-corrected chi connectivity index (χ4v) is 4.16. The molecule has 2 aromatic rings. The molecule has 4 nitrogen and oxygen atoms in total. The van der Waals surface area contributed by atoms with E-state index in [1.807, 2.05) is 24.3 Å². The van der Waals surface area contributed by atoms with Gasteiger partial charge in [-0.05, 0) is 17.7 Å². The molecule has 126 valence electrons. The average molecular weight is 361 g/mol. The lowest BCUT2D eigenvalue weighted by Gasteiger charge is -2.16. The van der Waals surface area contributed by atoms with Crippen LogP contribution in [-0.4, -0.2) is 30.8 Å². The Morgan fingerprint density at radius 2 is 1.62 bits per heavy atom. The molecule has 24 heavy (non-hydrogen) atoms. The van der Waals surface area contributed by atoms with Gasteiger partial charge in [-0.15, -0.1) is 0 Å². The van der Waals surface area contributed by atoms with Crippen LogP contribution in [0.25, 0.3) is 0 Å². The van der Waals surface area contributed by atoms with E-state index in [1.54, 1.807) is 35.1 Å². The number of carbonyl (C=O) groups excluding carboxylic acids is 2. The van der Waals surface area contributed by atoms with Gasteiger partial charge in [-0.1, -0.05) is 70.1 Å². The van der Waals surface area contributed by atoms with Crippen molar-refractivity contribution in [3.63, 3.8) is 0 Å². The summed E-state index contributed by atoms with van der Waals surface area (Å²) in [6.07, 6.45) is 0. The fourth-order valence-electron chi connectivity index (χ4n) is 1.94. The largest absolute Gasteiger partial charge is 0.467 e. The zero-order valence-electron chi connectivity index (χ0n) is 13.3. The van der Waals surface area contributed by atoms with Gasteiger partial charge in [-0.3, -0.25) is 4.79 Å². The van der Waals surface area contributed by atoms with Gasteiger partial charge in [0.15, 0.2) is 0 Å². The highest BCUT2D eigenvalue weighted by atomic mass is 33.1. The third kappa shape index (κ3) is 5.94. The fraction of sp³-hybridized carbons (Fsp3) is 0.222. The standard InChI is InChI=1S/C18H19NO3S2/c1-22-18(21)16(19-17(20)15-10-6-3-7-11-15)13-24-23-12-14-8-4-2-5-9-14/h2-11,16H,12-13H2,1H3,(H,19,20)/t16-/m0/s1. The molecule has 1 N–H and O–H groups in total. The summed E-state index contributed by atoms with van der Waals surface area (Å²) in [6, 6.07) is 18.2. The summed E-state index contributed by atoms with van der Waals surface area (Å²) >= 11 is 0. The topological polar surface area (TPSA) is 55.4 Å². The lowest BCUT2D eigenvalue weighted by molar-refractivity contribution is -0.142. The van der Waals surface area contributed by atoms with Gasteiger partial charge in [0.1, 0.15) is 6.04 Å². The molecule has 2 rings (SSSR count). The second kappa shape index (κ2) is 10.1. The van der Waals surface area contributed by atoms with Crippen molar-refractivity contribution in [3.05, 3.63) is 71.8 Å². The van der Waals surface area contributed by atoms with Gasteiger partial charge < -0.3 is 10.1 Å². The van der Waals surface area contributed by atoms with E-state index < -0.39 is 12.0 Å². The predicted molar refractivity (Wildman–Crippen MR) is 99.9 cm³/mol. The van der Waals surface area contributed by atoms with Crippen molar-refractivity contribution in [2.45, 2.75) is 11.8 Å². The maximum atomic E-state index is 12.2. The molecule has 0 aliphatic carbocycles. The summed E-state index contributed by atoms with van der Waals surface area (Å²) in [5.74, 6) is 0.571. The summed E-state index contributed by atoms with van der Waals surface area (Å²) in [7, 11) is 4.51. The quantitative estimate of drug-likeness (QED) is 0.443. The number of methoxy groups -OCH3 is 1. The van der Waals surface area contributed by atoms with Crippen LogP contribution in [0.1, 0.15) is 15.9 Å². The van der Waals surface area contributed by atoms with Crippen molar-refractivity contribution in [1.29, 1.82) is 0 Å². The molecule has 1 amide bonds. The summed E-state index contributed by atoms with van der Waals surface area (Å²) in [6.45, 7) is 0. The van der Waals surface area contributed by atoms with Crippen LogP contribution < -0.4 is 5.32 Å². The van der Waals surface area contributed by atoms with E-state index in [1.165, 1.54) is 23.5 Å². The molecule has 0 aliphatic heterocycles. The second-order valence-electron chi connectivity index (χ2n) is 4.95. The lowest BCUT2D eigenvalue weighted by atomic mass is 10.2. The first kappa shape index (κ1) is 18.4. The van der Waals surface area contributed by atoms with Gasteiger partial charge in [0.2, 0.25) is 0 Å². The SMILES string of the molecule is COC(=O)[C@H](CSSCc1ccccc1)NC(=O)c1ccccc1. The van der Waals surface area contributed by atoms with Crippen molar-refractivity contribution < 1.29 is 14.3 Å². The third-order valence-corrected chi connectivity index (χ3v) is 5.56. The predicted octanol–water partition coefficient (Wildman–Crippen LogP) is 3.54. The molecule has 0 heterocycles. The third-order valence-electron chi connectivity index (χ3n) is 3.21. The molecule has 1 atom stereocenters. The van der Waals surface area contributed by atoms with Crippen molar-refractivity contribution in [3.8, 4) is 0 Å². The van der Waals surface area contributed by atoms with Gasteiger partial charge in [-0.2, -0.15) is 0 Å². The summed E-state index contributed by atoms with van der Waals surface area (Å²) in [4.78, 5) is 24.1. The molecule has 0 radical (unpaired) electrons. The Hall–Kier alpha value is -1.92. The molecular weight excluding hydrogens is 342 g/mol. The maximum absolute atomic E-state index is 12.2. The van der Waals surface area contributed by atoms with Crippen LogP contribution in [0.4, 0.5) is 0 Å². The van der Waals surface area contributed by atoms with Crippen LogP contribution in [0.15, 0.2) is 60.7 Å². The van der Waals surface area contributed by atoms with E-state index in [0.29, 0.717) is 11.3 Å². The number of hydrogen-bond acceptors (Lipinski definition) is 5. The van der Waals surface area contributed by atoms with Crippen LogP contribution in [0.3, 0.4) is 0 Å². The molecule has 0 unspecified atom stereocenters. The molecule has 6 heteroatoms. The first-order valence-corrected chi connectivity index (χ1v) is 9.91. The van der Waals surface area contributed by atoms with Crippen LogP contribution >= 0.6 is 21.6 Å². The number of rotatable bonds is 8. The molecule has 0 saturated heterocycles. The molecule has 0 spiro atoms. The molecule has 0 bridgehead atoms. The number of esters is 1. The number of benzene rings is 2. The van der Waals surface area contributed by atoms with E-state index in [9.17, 15) is 9.59 Å². The van der Waals surface area contributed by atoms with E-state index >= 15 is 0 Å². The number of amides is 1. The van der Waals surface area contributed by atoms with Gasteiger partial charge in [0, 0.05) is 17.1 Å². The molecule has 2 aromatic carbocycles. The molecule has 0 saturated carbocycles. The first-order chi connectivity index (χ1) is 11.7. The Labute approximate surface area is 149 Å². The molecule has 0 aliphatic rings. The zero-order valence-corrected chi connectivity index (χ0v) is 14.9. The molecular formula is C18H19NO3S2. The van der Waals surface area contributed by atoms with Crippen molar-refractivity contribution >= 4 is 33.5 Å². The van der Waals surface area contributed by atoms with Crippen LogP contribution in [-0.2, 0) is 15.3 Å². The Bertz CT molecular complexity index is 650. The average Bonchev–Trinajstić information content (AvgIpc) is 2.65. The van der Waals surface area contributed by atoms with Gasteiger partial charge in [0.05, 0.1) is 7.11 Å². The van der Waals surface area contributed by atoms with Crippen molar-refractivity contribution in [2.24, 2.45) is 0 Å². The number of nitrogens with one attached hydrogen (secondary N) is 1. The van der Waals surface area contributed by atoms with E-state index in [2.05, 4.69) is 17.4 Å². The van der Waals surface area contributed by atoms with E-state index in [4.69, 9.17) is 4.74 Å². The Balaban J connectivity index is 1.84. The number of ether oxygens (including phenoxy) is 1. The minimum absolute atomic E-state index is 0.278. The van der Waals surface area contributed by atoms with Gasteiger partial charge in [0.25, 0.3) is 5.91 Å². The van der Waals surface area contributed by atoms with Crippen molar-refractivity contribution in [1.82, 2.24) is 5.32 Å². The van der Waals surface area contributed by atoms with Gasteiger partial charge >= 0.3 is 5.97 Å². The smallest absolute Gasteiger partial charge is 0.329 e. The Morgan fingerprint density at radius 1 is 1.00 bits per heavy atom. The van der Waals surface area contributed by atoms with Crippen molar-refractivity contribution in [2.75, 3.05) is 12.9 Å². The lowest BCUT2D eigenvalue weighted by Crippen LogP contribution is -2.43. The highest BCUT2D eigenvalue weighted by Crippen LogP contribution is 2.26. The highest BCUT2D eigenvalue weighted by Gasteiger charge is 2.22. The van der Waals surface area contributed by atoms with E-state index in [-0.39, 0.29) is 5.91 Å². The maximum Gasteiger partial charge on any atom is 0.329 e. The van der Waals surface area contributed by atoms with Crippen LogP contribution in [0.2, 0.25) is 0 Å². The van der Waals surface area contributed by atoms with Gasteiger partial charge in [-0.25, -0.2) is 4.79 Å². The van der Waals surface area contributed by atoms with Crippen LogP contribution in [0, 0.1) is 0 Å². The van der Waals surface area contributed by atoms with E-state index in [0.717, 1.165) is 5.75 Å². The summed E-state index contributed by atoms with van der Waals surface area (Å²) in [5, 5.41) is 2.74. The van der Waals surface area contributed by atoms with Crippen LogP contribution in [0.5, 0.6) is 0 Å². The minimum Gasteiger partial charge on any atom is -0.467 e. The normalized spacial score (nSPS) is 11.5. The molecule has 0 aromatic heterocycles. The minimum atomic E-state index is -0.670. The summed E-state index contributed by atoms with van der Waals surface area (Å²) < 4.78 is 4.79. The number of carbonyl (C=O) groups is 2. The number of hydrogen-bond donors (Lipinski definition) is 1. The second-order valence-corrected chi connectivity index (χ2v) is 7.46. The zero-order chi connectivity index (χ0) is 17.2. The highest BCUT2D eigenvalue weighted by molar-refractivity contribution is 8.76. The Morgan fingerprint density at radius 3 is 2.25 bits per heavy atom. The first-order valence-electron chi connectivity index (χ1n) is 7.43. The summed E-state index contributed by atoms with van der Waals surface area (Å²) in [5.41, 5.74) is 1.74. The molecule has 0 fully saturated rings. The Kier molecular flexibility index (Phi) is 7.71. The monoisotopic (exact) mass is 361 g/mol.